The van der Waals surface area contributed by atoms with Crippen LogP contribution in [0.1, 0.15) is 6.42 Å². The van der Waals surface area contributed by atoms with Crippen molar-refractivity contribution in [2.45, 2.75) is 6.42 Å². The first-order valence-electron chi connectivity index (χ1n) is 7.78. The van der Waals surface area contributed by atoms with Crippen molar-refractivity contribution in [3.63, 3.8) is 0 Å². The summed E-state index contributed by atoms with van der Waals surface area (Å²) in [7, 11) is 1.68. The topological polar surface area (TPSA) is 21.3 Å². The van der Waals surface area contributed by atoms with E-state index in [0.717, 1.165) is 16.8 Å². The van der Waals surface area contributed by atoms with Crippen LogP contribution in [-0.2, 0) is 0 Å². The van der Waals surface area contributed by atoms with Crippen molar-refractivity contribution in [2.75, 3.05) is 25.6 Å². The molecule has 0 aliphatic heterocycles. The lowest BCUT2D eigenvalue weighted by molar-refractivity contribution is 0.415. The van der Waals surface area contributed by atoms with Gasteiger partial charge in [-0.2, -0.15) is 0 Å². The van der Waals surface area contributed by atoms with Crippen LogP contribution in [0.2, 0.25) is 0 Å². The number of anilines is 1. The summed E-state index contributed by atoms with van der Waals surface area (Å²) in [4.78, 5) is 0. The maximum Gasteiger partial charge on any atom is 0.119 e. The summed E-state index contributed by atoms with van der Waals surface area (Å²) < 4.78 is 17.4. The number of rotatable bonds is 6. The molecule has 0 radical (unpaired) electrons. The number of hydrogen-bond acceptors (Lipinski definition) is 2. The lowest BCUT2D eigenvalue weighted by Crippen LogP contribution is -2.01. The Morgan fingerprint density at radius 2 is 1.57 bits per heavy atom. The van der Waals surface area contributed by atoms with Gasteiger partial charge in [0, 0.05) is 12.2 Å². The standard InChI is InChI=1S/C20H20FNO/c1-23-20-10-7-17-13-16(3-4-18(17)14-20)15-5-8-19(9-6-15)22-12-2-11-21/h3-10,13-14,22H,2,11-12H2,1H3. The zero-order valence-electron chi connectivity index (χ0n) is 13.2. The minimum atomic E-state index is -0.285. The molecular weight excluding hydrogens is 289 g/mol. The van der Waals surface area contributed by atoms with Crippen LogP contribution in [0, 0.1) is 0 Å². The molecule has 0 atom stereocenters. The maximum atomic E-state index is 12.1. The number of alkyl halides is 1. The maximum absolute atomic E-state index is 12.1. The van der Waals surface area contributed by atoms with Crippen molar-refractivity contribution in [3.8, 4) is 16.9 Å². The molecule has 0 heterocycles. The molecule has 0 aromatic heterocycles. The fourth-order valence-electron chi connectivity index (χ4n) is 2.61. The van der Waals surface area contributed by atoms with E-state index in [1.54, 1.807) is 7.11 Å². The van der Waals surface area contributed by atoms with E-state index in [1.807, 2.05) is 24.3 Å². The molecule has 0 fully saturated rings. The van der Waals surface area contributed by atoms with E-state index in [2.05, 4.69) is 41.7 Å². The predicted molar refractivity (Wildman–Crippen MR) is 95.0 cm³/mol. The van der Waals surface area contributed by atoms with Crippen molar-refractivity contribution < 1.29 is 9.13 Å². The van der Waals surface area contributed by atoms with Gasteiger partial charge in [-0.25, -0.2) is 0 Å². The van der Waals surface area contributed by atoms with E-state index in [-0.39, 0.29) is 6.67 Å². The minimum Gasteiger partial charge on any atom is -0.497 e. The lowest BCUT2D eigenvalue weighted by atomic mass is 10.0. The molecule has 0 saturated heterocycles. The summed E-state index contributed by atoms with van der Waals surface area (Å²) in [6.07, 6.45) is 0.538. The molecule has 0 unspecified atom stereocenters. The van der Waals surface area contributed by atoms with Crippen molar-refractivity contribution in [3.05, 3.63) is 60.7 Å². The third-order valence-electron chi connectivity index (χ3n) is 3.91. The summed E-state index contributed by atoms with van der Waals surface area (Å²) in [6.45, 7) is 0.376. The predicted octanol–water partition coefficient (Wildman–Crippen LogP) is 5.29. The van der Waals surface area contributed by atoms with Crippen molar-refractivity contribution in [1.82, 2.24) is 0 Å². The third-order valence-corrected chi connectivity index (χ3v) is 3.91. The molecule has 0 aliphatic carbocycles. The second kappa shape index (κ2) is 7.14. The van der Waals surface area contributed by atoms with Crippen molar-refractivity contribution >= 4 is 16.5 Å². The number of ether oxygens (including phenoxy) is 1. The molecule has 1 N–H and O–H groups in total. The van der Waals surface area contributed by atoms with Crippen LogP contribution in [0.3, 0.4) is 0 Å². The van der Waals surface area contributed by atoms with Gasteiger partial charge in [0.1, 0.15) is 5.75 Å². The van der Waals surface area contributed by atoms with E-state index < -0.39 is 0 Å². The van der Waals surface area contributed by atoms with Gasteiger partial charge in [0.25, 0.3) is 0 Å². The zero-order valence-corrected chi connectivity index (χ0v) is 13.2. The highest BCUT2D eigenvalue weighted by Gasteiger charge is 2.02. The molecule has 0 spiro atoms. The van der Waals surface area contributed by atoms with Gasteiger partial charge in [0.05, 0.1) is 13.8 Å². The smallest absolute Gasteiger partial charge is 0.119 e. The van der Waals surface area contributed by atoms with E-state index >= 15 is 0 Å². The lowest BCUT2D eigenvalue weighted by Gasteiger charge is -2.08. The van der Waals surface area contributed by atoms with Crippen molar-refractivity contribution in [2.24, 2.45) is 0 Å². The number of fused-ring (bicyclic) bond motifs is 1. The Morgan fingerprint density at radius 1 is 0.870 bits per heavy atom. The number of benzene rings is 3. The van der Waals surface area contributed by atoms with Crippen LogP contribution in [0.25, 0.3) is 21.9 Å². The summed E-state index contributed by atoms with van der Waals surface area (Å²) in [5, 5.41) is 5.57. The van der Waals surface area contributed by atoms with Gasteiger partial charge in [-0.3, -0.25) is 4.39 Å². The molecule has 3 aromatic rings. The van der Waals surface area contributed by atoms with Crippen LogP contribution in [0.15, 0.2) is 60.7 Å². The third kappa shape index (κ3) is 3.62. The normalized spacial score (nSPS) is 10.7. The van der Waals surface area contributed by atoms with Gasteiger partial charge in [-0.05, 0) is 58.7 Å². The Kier molecular flexibility index (Phi) is 4.77. The Morgan fingerprint density at radius 3 is 2.30 bits per heavy atom. The SMILES string of the molecule is COc1ccc2cc(-c3ccc(NCCCF)cc3)ccc2c1. The number of methoxy groups -OCH3 is 1. The first-order chi connectivity index (χ1) is 11.3. The van der Waals surface area contributed by atoms with Gasteiger partial charge in [-0.15, -0.1) is 0 Å². The highest BCUT2D eigenvalue weighted by Crippen LogP contribution is 2.27. The second-order valence-corrected chi connectivity index (χ2v) is 5.47. The molecule has 3 heteroatoms. The summed E-state index contributed by atoms with van der Waals surface area (Å²) in [5.41, 5.74) is 3.37. The van der Waals surface area contributed by atoms with Crippen LogP contribution in [0.4, 0.5) is 10.1 Å². The van der Waals surface area contributed by atoms with Crippen molar-refractivity contribution in [1.29, 1.82) is 0 Å². The molecule has 3 aromatic carbocycles. The Balaban J connectivity index is 1.82. The molecule has 0 bridgehead atoms. The minimum absolute atomic E-state index is 0.285. The molecule has 3 rings (SSSR count). The summed E-state index contributed by atoms with van der Waals surface area (Å²) >= 11 is 0. The van der Waals surface area contributed by atoms with Gasteiger partial charge in [-0.1, -0.05) is 30.3 Å². The quantitative estimate of drug-likeness (QED) is 0.625. The van der Waals surface area contributed by atoms with Crippen LogP contribution in [0.5, 0.6) is 5.75 Å². The highest BCUT2D eigenvalue weighted by atomic mass is 19.1. The van der Waals surface area contributed by atoms with Gasteiger partial charge >= 0.3 is 0 Å². The Labute approximate surface area is 135 Å². The Bertz CT molecular complexity index is 783. The fourth-order valence-corrected chi connectivity index (χ4v) is 2.61. The largest absolute Gasteiger partial charge is 0.497 e. The van der Waals surface area contributed by atoms with E-state index in [1.165, 1.54) is 16.5 Å². The first-order valence-corrected chi connectivity index (χ1v) is 7.78. The van der Waals surface area contributed by atoms with Gasteiger partial charge in [0.2, 0.25) is 0 Å². The fraction of sp³-hybridized carbons (Fsp3) is 0.200. The molecular formula is C20H20FNO. The Hall–Kier alpha value is -2.55. The zero-order chi connectivity index (χ0) is 16.1. The molecule has 23 heavy (non-hydrogen) atoms. The average Bonchev–Trinajstić information content (AvgIpc) is 2.61. The average molecular weight is 309 g/mol. The van der Waals surface area contributed by atoms with Crippen LogP contribution < -0.4 is 10.1 Å². The van der Waals surface area contributed by atoms with Crippen LogP contribution in [-0.4, -0.2) is 20.3 Å². The molecule has 0 aliphatic rings. The summed E-state index contributed by atoms with van der Waals surface area (Å²) in [6, 6.07) is 20.7. The monoisotopic (exact) mass is 309 g/mol. The van der Waals surface area contributed by atoms with Crippen LogP contribution >= 0.6 is 0 Å². The molecule has 0 saturated carbocycles. The van der Waals surface area contributed by atoms with Gasteiger partial charge in [0.15, 0.2) is 0 Å². The van der Waals surface area contributed by atoms with Gasteiger partial charge < -0.3 is 10.1 Å². The molecule has 118 valence electrons. The number of halogens is 1. The second-order valence-electron chi connectivity index (χ2n) is 5.47. The summed E-state index contributed by atoms with van der Waals surface area (Å²) in [5.74, 6) is 0.869. The number of hydrogen-bond donors (Lipinski definition) is 1. The highest BCUT2D eigenvalue weighted by molar-refractivity contribution is 5.88. The first kappa shape index (κ1) is 15.3. The van der Waals surface area contributed by atoms with E-state index in [0.29, 0.717) is 13.0 Å². The van der Waals surface area contributed by atoms with E-state index in [4.69, 9.17) is 4.74 Å². The molecule has 0 amide bonds. The van der Waals surface area contributed by atoms with E-state index in [9.17, 15) is 4.39 Å². The molecule has 2 nitrogen and oxygen atoms in total. The number of nitrogens with one attached hydrogen (secondary N) is 1.